The van der Waals surface area contributed by atoms with Crippen LogP contribution in [0.15, 0.2) is 32.5 Å². The molecule has 0 aliphatic carbocycles. The molecular weight excluding hydrogens is 396 g/mol. The van der Waals surface area contributed by atoms with Gasteiger partial charge in [-0.25, -0.2) is 0 Å². The fourth-order valence-electron chi connectivity index (χ4n) is 1.45. The number of carbonyl (C=O) groups excluding carboxylic acids is 1. The molecule has 0 spiro atoms. The maximum absolute atomic E-state index is 12.1. The predicted molar refractivity (Wildman–Crippen MR) is 85.1 cm³/mol. The average Bonchev–Trinajstić information content (AvgIpc) is 2.82. The van der Waals surface area contributed by atoms with E-state index >= 15 is 0 Å². The van der Waals surface area contributed by atoms with E-state index in [9.17, 15) is 4.79 Å². The van der Waals surface area contributed by atoms with Crippen LogP contribution in [-0.4, -0.2) is 13.0 Å². The topological polar surface area (TPSA) is 64.3 Å². The number of nitrogens with two attached hydrogens (primary N) is 1. The van der Waals surface area contributed by atoms with Gasteiger partial charge in [0.2, 0.25) is 0 Å². The van der Waals surface area contributed by atoms with E-state index in [1.807, 2.05) is 6.07 Å². The molecule has 1 heterocycles. The number of hydrogen-bond donors (Lipinski definition) is 2. The molecule has 2 rings (SSSR count). The standard InChI is InChI=1S/C12H10Br2N2O2S/c1-18-7-4-10(19-5-7)12(17)16-11-8(14)2-6(13)3-9(11)15/h2-5H,15H2,1H3,(H,16,17). The first-order chi connectivity index (χ1) is 9.01. The molecule has 1 aromatic heterocycles. The van der Waals surface area contributed by atoms with Crippen LogP contribution in [0.25, 0.3) is 0 Å². The van der Waals surface area contributed by atoms with Gasteiger partial charge in [0.25, 0.3) is 5.91 Å². The van der Waals surface area contributed by atoms with Gasteiger partial charge < -0.3 is 15.8 Å². The first-order valence-corrected chi connectivity index (χ1v) is 7.66. The molecule has 0 atom stereocenters. The number of hydrogen-bond acceptors (Lipinski definition) is 4. The Morgan fingerprint density at radius 1 is 1.37 bits per heavy atom. The van der Waals surface area contributed by atoms with Crippen LogP contribution in [0, 0.1) is 0 Å². The van der Waals surface area contributed by atoms with E-state index in [0.29, 0.717) is 22.0 Å². The van der Waals surface area contributed by atoms with Crippen LogP contribution in [0.5, 0.6) is 5.75 Å². The number of rotatable bonds is 3. The summed E-state index contributed by atoms with van der Waals surface area (Å²) in [4.78, 5) is 12.6. The average molecular weight is 406 g/mol. The molecule has 0 aliphatic heterocycles. The van der Waals surface area contributed by atoms with E-state index in [0.717, 1.165) is 8.95 Å². The highest BCUT2D eigenvalue weighted by molar-refractivity contribution is 9.11. The van der Waals surface area contributed by atoms with Gasteiger partial charge in [0.1, 0.15) is 5.75 Å². The van der Waals surface area contributed by atoms with Crippen molar-refractivity contribution < 1.29 is 9.53 Å². The zero-order valence-electron chi connectivity index (χ0n) is 9.87. The van der Waals surface area contributed by atoms with E-state index in [1.165, 1.54) is 11.3 Å². The lowest BCUT2D eigenvalue weighted by molar-refractivity contribution is 0.103. The largest absolute Gasteiger partial charge is 0.496 e. The lowest BCUT2D eigenvalue weighted by Crippen LogP contribution is -2.12. The summed E-state index contributed by atoms with van der Waals surface area (Å²) >= 11 is 8.02. The summed E-state index contributed by atoms with van der Waals surface area (Å²) in [7, 11) is 1.56. The molecule has 1 amide bonds. The molecule has 7 heteroatoms. The lowest BCUT2D eigenvalue weighted by Gasteiger charge is -2.10. The number of nitrogen functional groups attached to an aromatic ring is 1. The number of anilines is 2. The summed E-state index contributed by atoms with van der Waals surface area (Å²) in [5, 5.41) is 4.56. The Morgan fingerprint density at radius 3 is 2.68 bits per heavy atom. The van der Waals surface area contributed by atoms with Crippen molar-refractivity contribution in [1.82, 2.24) is 0 Å². The molecule has 0 saturated heterocycles. The number of nitrogens with one attached hydrogen (secondary N) is 1. The van der Waals surface area contributed by atoms with Gasteiger partial charge in [0.15, 0.2) is 0 Å². The van der Waals surface area contributed by atoms with Gasteiger partial charge in [0.05, 0.1) is 23.4 Å². The van der Waals surface area contributed by atoms with Crippen LogP contribution in [0.1, 0.15) is 9.67 Å². The normalized spacial score (nSPS) is 10.3. The molecule has 2 aromatic rings. The molecule has 1 aromatic carbocycles. The van der Waals surface area contributed by atoms with E-state index in [2.05, 4.69) is 37.2 Å². The van der Waals surface area contributed by atoms with Gasteiger partial charge in [-0.3, -0.25) is 4.79 Å². The van der Waals surface area contributed by atoms with Crippen molar-refractivity contribution in [3.05, 3.63) is 37.4 Å². The van der Waals surface area contributed by atoms with Crippen molar-refractivity contribution >= 4 is 60.5 Å². The number of amides is 1. The van der Waals surface area contributed by atoms with Crippen molar-refractivity contribution in [2.45, 2.75) is 0 Å². The molecule has 0 aliphatic rings. The van der Waals surface area contributed by atoms with Crippen LogP contribution in [0.2, 0.25) is 0 Å². The van der Waals surface area contributed by atoms with Crippen LogP contribution in [-0.2, 0) is 0 Å². The Balaban J connectivity index is 2.24. The maximum atomic E-state index is 12.1. The summed E-state index contributed by atoms with van der Waals surface area (Å²) in [6.45, 7) is 0. The van der Waals surface area contributed by atoms with Crippen LogP contribution in [0.3, 0.4) is 0 Å². The summed E-state index contributed by atoms with van der Waals surface area (Å²) in [5.41, 5.74) is 6.92. The number of halogens is 2. The van der Waals surface area contributed by atoms with Gasteiger partial charge in [-0.1, -0.05) is 15.9 Å². The lowest BCUT2D eigenvalue weighted by atomic mass is 10.2. The highest BCUT2D eigenvalue weighted by atomic mass is 79.9. The first kappa shape index (κ1) is 14.4. The smallest absolute Gasteiger partial charge is 0.265 e. The van der Waals surface area contributed by atoms with Crippen molar-refractivity contribution in [3.8, 4) is 5.75 Å². The Bertz CT molecular complexity index is 605. The fraction of sp³-hybridized carbons (Fsp3) is 0.0833. The minimum absolute atomic E-state index is 0.219. The summed E-state index contributed by atoms with van der Waals surface area (Å²) in [5.74, 6) is 0.445. The second-order valence-corrected chi connectivity index (χ2v) is 6.34. The first-order valence-electron chi connectivity index (χ1n) is 5.19. The van der Waals surface area contributed by atoms with Crippen LogP contribution >= 0.6 is 43.2 Å². The summed E-state index contributed by atoms with van der Waals surface area (Å²) < 4.78 is 6.61. The van der Waals surface area contributed by atoms with Crippen molar-refractivity contribution in [2.75, 3.05) is 18.2 Å². The molecule has 19 heavy (non-hydrogen) atoms. The molecule has 3 N–H and O–H groups in total. The van der Waals surface area contributed by atoms with E-state index in [-0.39, 0.29) is 5.91 Å². The van der Waals surface area contributed by atoms with Gasteiger partial charge >= 0.3 is 0 Å². The molecular formula is C12H10Br2N2O2S. The monoisotopic (exact) mass is 404 g/mol. The predicted octanol–water partition coefficient (Wildman–Crippen LogP) is 4.12. The third-order valence-electron chi connectivity index (χ3n) is 2.36. The molecule has 4 nitrogen and oxygen atoms in total. The van der Waals surface area contributed by atoms with Crippen molar-refractivity contribution in [1.29, 1.82) is 0 Å². The van der Waals surface area contributed by atoms with Crippen LogP contribution in [0.4, 0.5) is 11.4 Å². The Morgan fingerprint density at radius 2 is 2.11 bits per heavy atom. The number of benzene rings is 1. The molecule has 0 unspecified atom stereocenters. The third kappa shape index (κ3) is 3.29. The summed E-state index contributed by atoms with van der Waals surface area (Å²) in [6, 6.07) is 5.24. The van der Waals surface area contributed by atoms with Gasteiger partial charge in [0, 0.05) is 20.4 Å². The quantitative estimate of drug-likeness (QED) is 0.755. The number of thiophene rings is 1. The van der Waals surface area contributed by atoms with Gasteiger partial charge in [-0.2, -0.15) is 0 Å². The van der Waals surface area contributed by atoms with Crippen molar-refractivity contribution in [3.63, 3.8) is 0 Å². The Hall–Kier alpha value is -1.05. The zero-order chi connectivity index (χ0) is 14.0. The molecule has 0 radical (unpaired) electrons. The minimum atomic E-state index is -0.219. The molecule has 100 valence electrons. The van der Waals surface area contributed by atoms with Crippen molar-refractivity contribution in [2.24, 2.45) is 0 Å². The van der Waals surface area contributed by atoms with Crippen LogP contribution < -0.4 is 15.8 Å². The van der Waals surface area contributed by atoms with Gasteiger partial charge in [-0.05, 0) is 28.1 Å². The highest BCUT2D eigenvalue weighted by Crippen LogP contribution is 2.33. The summed E-state index contributed by atoms with van der Waals surface area (Å²) in [6.07, 6.45) is 0. The number of methoxy groups -OCH3 is 1. The maximum Gasteiger partial charge on any atom is 0.265 e. The van der Waals surface area contributed by atoms with E-state index in [4.69, 9.17) is 10.5 Å². The highest BCUT2D eigenvalue weighted by Gasteiger charge is 2.14. The Labute approximate surface area is 131 Å². The number of carbonyl (C=O) groups is 1. The second-order valence-electron chi connectivity index (χ2n) is 3.66. The SMILES string of the molecule is COc1csc(C(=O)Nc2c(N)cc(Br)cc2Br)c1. The second kappa shape index (κ2) is 5.94. The third-order valence-corrected chi connectivity index (χ3v) is 4.35. The van der Waals surface area contributed by atoms with E-state index in [1.54, 1.807) is 24.6 Å². The van der Waals surface area contributed by atoms with E-state index < -0.39 is 0 Å². The minimum Gasteiger partial charge on any atom is -0.496 e. The molecule has 0 bridgehead atoms. The molecule has 0 saturated carbocycles. The molecule has 0 fully saturated rings. The fourth-order valence-corrected chi connectivity index (χ4v) is 3.55. The zero-order valence-corrected chi connectivity index (χ0v) is 13.9. The van der Waals surface area contributed by atoms with Gasteiger partial charge in [-0.15, -0.1) is 11.3 Å². The number of ether oxygens (including phenoxy) is 1. The Kier molecular flexibility index (Phi) is 4.49.